The molecule has 0 unspecified atom stereocenters. The van der Waals surface area contributed by atoms with E-state index in [9.17, 15) is 9.18 Å². The molecule has 3 nitrogen and oxygen atoms in total. The van der Waals surface area contributed by atoms with Gasteiger partial charge in [0.25, 0.3) is 0 Å². The first kappa shape index (κ1) is 13.9. The summed E-state index contributed by atoms with van der Waals surface area (Å²) in [5.74, 6) is -0.663. The molecule has 5 heteroatoms. The number of hydrogen-bond acceptors (Lipinski definition) is 3. The highest BCUT2D eigenvalue weighted by atomic mass is 127. The number of rotatable bonds is 2. The summed E-state index contributed by atoms with van der Waals surface area (Å²) >= 11 is 2.19. The van der Waals surface area contributed by atoms with Crippen molar-refractivity contribution < 1.29 is 13.9 Å². The highest BCUT2D eigenvalue weighted by Crippen LogP contribution is 2.21. The molecule has 0 radical (unpaired) electrons. The first-order valence-corrected chi connectivity index (χ1v) is 7.24. The predicted octanol–water partition coefficient (Wildman–Crippen LogP) is 3.77. The van der Waals surface area contributed by atoms with Gasteiger partial charge < -0.3 is 4.74 Å². The molecule has 21 heavy (non-hydrogen) atoms. The van der Waals surface area contributed by atoms with Crippen molar-refractivity contribution >= 4 is 40.5 Å². The minimum Gasteiger partial charge on any atom is -0.402 e. The van der Waals surface area contributed by atoms with E-state index < -0.39 is 5.97 Å². The molecule has 104 valence electrons. The second kappa shape index (κ2) is 5.77. The second-order valence-corrected chi connectivity index (χ2v) is 5.53. The van der Waals surface area contributed by atoms with Gasteiger partial charge >= 0.3 is 5.97 Å². The van der Waals surface area contributed by atoms with Crippen LogP contribution in [-0.2, 0) is 9.53 Å². The molecule has 0 N–H and O–H groups in total. The molecule has 0 bridgehead atoms. The largest absolute Gasteiger partial charge is 0.402 e. The Bertz CT molecular complexity index is 766. The van der Waals surface area contributed by atoms with Gasteiger partial charge in [-0.1, -0.05) is 18.2 Å². The zero-order valence-electron chi connectivity index (χ0n) is 10.7. The van der Waals surface area contributed by atoms with E-state index in [0.717, 1.165) is 9.13 Å². The Morgan fingerprint density at radius 1 is 1.10 bits per heavy atom. The molecule has 0 fully saturated rings. The first-order valence-electron chi connectivity index (χ1n) is 6.16. The van der Waals surface area contributed by atoms with Crippen LogP contribution < -0.4 is 0 Å². The van der Waals surface area contributed by atoms with Crippen molar-refractivity contribution in [2.45, 2.75) is 0 Å². The number of halogens is 2. The number of carbonyl (C=O) groups is 1. The Hall–Kier alpha value is -2.02. The number of hydrogen-bond donors (Lipinski definition) is 0. The molecule has 0 spiro atoms. The molecule has 3 rings (SSSR count). The lowest BCUT2D eigenvalue weighted by Gasteiger charge is -1.98. The van der Waals surface area contributed by atoms with Crippen LogP contribution in [0.4, 0.5) is 4.39 Å². The quantitative estimate of drug-likeness (QED) is 0.443. The maximum Gasteiger partial charge on any atom is 0.363 e. The molecular formula is C16H9FINO2. The van der Waals surface area contributed by atoms with Crippen LogP contribution in [0.5, 0.6) is 0 Å². The molecule has 0 amide bonds. The second-order valence-electron chi connectivity index (χ2n) is 4.36. The number of benzene rings is 2. The molecule has 2 aromatic rings. The van der Waals surface area contributed by atoms with Crippen molar-refractivity contribution in [3.05, 3.63) is 74.7 Å². The summed E-state index contributed by atoms with van der Waals surface area (Å²) in [6.07, 6.45) is 1.68. The number of esters is 1. The van der Waals surface area contributed by atoms with Gasteiger partial charge in [-0.2, -0.15) is 0 Å². The van der Waals surface area contributed by atoms with Crippen molar-refractivity contribution in [2.24, 2.45) is 4.99 Å². The molecule has 1 aliphatic rings. The number of ether oxygens (including phenoxy) is 1. The van der Waals surface area contributed by atoms with Gasteiger partial charge in [0, 0.05) is 9.13 Å². The molecule has 2 aromatic carbocycles. The van der Waals surface area contributed by atoms with Gasteiger partial charge in [-0.15, -0.1) is 0 Å². The van der Waals surface area contributed by atoms with E-state index in [4.69, 9.17) is 4.74 Å². The van der Waals surface area contributed by atoms with Crippen LogP contribution in [0.15, 0.2) is 59.2 Å². The van der Waals surface area contributed by atoms with E-state index >= 15 is 0 Å². The fourth-order valence-corrected chi connectivity index (χ4v) is 2.41. The lowest BCUT2D eigenvalue weighted by atomic mass is 10.2. The lowest BCUT2D eigenvalue weighted by molar-refractivity contribution is -0.129. The summed E-state index contributed by atoms with van der Waals surface area (Å²) in [5.41, 5.74) is 1.70. The van der Waals surface area contributed by atoms with Gasteiger partial charge in [-0.25, -0.2) is 14.2 Å². The summed E-state index contributed by atoms with van der Waals surface area (Å²) in [5, 5.41) is 0. The lowest BCUT2D eigenvalue weighted by Crippen LogP contribution is -2.05. The Kier molecular flexibility index (Phi) is 3.83. The van der Waals surface area contributed by atoms with Crippen LogP contribution >= 0.6 is 22.6 Å². The standard InChI is InChI=1S/C16H9FINO2/c17-12-7-5-10(6-8-12)15-19-14(16(20)21-15)9-11-3-1-2-4-13(11)18/h1-9H. The third-order valence-corrected chi connectivity index (χ3v) is 3.89. The topological polar surface area (TPSA) is 38.7 Å². The fourth-order valence-electron chi connectivity index (χ4n) is 1.86. The number of cyclic esters (lactones) is 1. The van der Waals surface area contributed by atoms with Crippen LogP contribution in [-0.4, -0.2) is 11.9 Å². The average molecular weight is 393 g/mol. The van der Waals surface area contributed by atoms with E-state index in [0.29, 0.717) is 5.56 Å². The third-order valence-electron chi connectivity index (χ3n) is 2.91. The van der Waals surface area contributed by atoms with E-state index in [1.807, 2.05) is 24.3 Å². The summed E-state index contributed by atoms with van der Waals surface area (Å²) in [6, 6.07) is 13.3. The Morgan fingerprint density at radius 2 is 1.81 bits per heavy atom. The molecule has 0 saturated heterocycles. The van der Waals surface area contributed by atoms with Crippen molar-refractivity contribution in [3.63, 3.8) is 0 Å². The minimum absolute atomic E-state index is 0.192. The number of carbonyl (C=O) groups excluding carboxylic acids is 1. The minimum atomic E-state index is -0.506. The Labute approximate surface area is 134 Å². The van der Waals surface area contributed by atoms with Crippen LogP contribution in [0.3, 0.4) is 0 Å². The van der Waals surface area contributed by atoms with Crippen molar-refractivity contribution in [3.8, 4) is 0 Å². The van der Waals surface area contributed by atoms with Crippen LogP contribution in [0.1, 0.15) is 11.1 Å². The maximum atomic E-state index is 12.9. The summed E-state index contributed by atoms with van der Waals surface area (Å²) in [4.78, 5) is 16.0. The normalized spacial score (nSPS) is 16.0. The summed E-state index contributed by atoms with van der Waals surface area (Å²) in [7, 11) is 0. The van der Waals surface area contributed by atoms with E-state index in [-0.39, 0.29) is 17.4 Å². The molecule has 0 aliphatic carbocycles. The van der Waals surface area contributed by atoms with Gasteiger partial charge in [-0.05, 0) is 64.6 Å². The van der Waals surface area contributed by atoms with Gasteiger partial charge in [0.2, 0.25) is 5.90 Å². The van der Waals surface area contributed by atoms with Crippen LogP contribution in [0.2, 0.25) is 0 Å². The highest BCUT2D eigenvalue weighted by molar-refractivity contribution is 14.1. The predicted molar refractivity (Wildman–Crippen MR) is 86.2 cm³/mol. The molecular weight excluding hydrogens is 384 g/mol. The van der Waals surface area contributed by atoms with Gasteiger partial charge in [-0.3, -0.25) is 0 Å². The molecule has 0 atom stereocenters. The van der Waals surface area contributed by atoms with E-state index in [1.165, 1.54) is 24.3 Å². The molecule has 0 aromatic heterocycles. The van der Waals surface area contributed by atoms with Crippen molar-refractivity contribution in [2.75, 3.05) is 0 Å². The van der Waals surface area contributed by atoms with Crippen molar-refractivity contribution in [1.29, 1.82) is 0 Å². The van der Waals surface area contributed by atoms with Crippen LogP contribution in [0.25, 0.3) is 6.08 Å². The van der Waals surface area contributed by atoms with Gasteiger partial charge in [0.15, 0.2) is 5.70 Å². The smallest absolute Gasteiger partial charge is 0.363 e. The fraction of sp³-hybridized carbons (Fsp3) is 0. The molecule has 1 heterocycles. The SMILES string of the molecule is O=C1OC(c2ccc(F)cc2)=NC1=Cc1ccccc1I. The van der Waals surface area contributed by atoms with Gasteiger partial charge in [0.05, 0.1) is 0 Å². The summed E-state index contributed by atoms with van der Waals surface area (Å²) in [6.45, 7) is 0. The average Bonchev–Trinajstić information content (AvgIpc) is 2.83. The maximum absolute atomic E-state index is 12.9. The van der Waals surface area contributed by atoms with Crippen LogP contribution in [0, 0.1) is 9.39 Å². The first-order chi connectivity index (χ1) is 10.1. The Balaban J connectivity index is 1.96. The summed E-state index contributed by atoms with van der Waals surface area (Å²) < 4.78 is 19.0. The highest BCUT2D eigenvalue weighted by Gasteiger charge is 2.24. The number of nitrogens with zero attached hydrogens (tertiary/aromatic N) is 1. The molecule has 0 saturated carbocycles. The van der Waals surface area contributed by atoms with E-state index in [1.54, 1.807) is 6.08 Å². The monoisotopic (exact) mass is 393 g/mol. The zero-order chi connectivity index (χ0) is 14.8. The molecule has 1 aliphatic heterocycles. The van der Waals surface area contributed by atoms with Gasteiger partial charge in [0.1, 0.15) is 5.82 Å². The third kappa shape index (κ3) is 3.02. The zero-order valence-corrected chi connectivity index (χ0v) is 12.9. The van der Waals surface area contributed by atoms with E-state index in [2.05, 4.69) is 27.6 Å². The Morgan fingerprint density at radius 3 is 2.52 bits per heavy atom. The number of aliphatic imine (C=N–C) groups is 1. The van der Waals surface area contributed by atoms with Crippen molar-refractivity contribution in [1.82, 2.24) is 0 Å².